The van der Waals surface area contributed by atoms with E-state index in [-0.39, 0.29) is 38.6 Å². The van der Waals surface area contributed by atoms with Crippen LogP contribution in [0.2, 0.25) is 0 Å². The molecular weight excluding hydrogens is 1150 g/mol. The van der Waals surface area contributed by atoms with Crippen LogP contribution in [0.15, 0.2) is 158 Å². The van der Waals surface area contributed by atoms with Crippen LogP contribution in [0.4, 0.5) is 0 Å². The van der Waals surface area contributed by atoms with Gasteiger partial charge in [-0.2, -0.15) is 0 Å². The molecule has 0 aromatic rings. The molecule has 0 aromatic heterocycles. The predicted octanol–water partition coefficient (Wildman–Crippen LogP) is 24.7. The van der Waals surface area contributed by atoms with Gasteiger partial charge < -0.3 is 20.1 Å². The van der Waals surface area contributed by atoms with Crippen molar-refractivity contribution in [2.24, 2.45) is 5.73 Å². The van der Waals surface area contributed by atoms with Crippen molar-refractivity contribution in [3.63, 3.8) is 0 Å². The Labute approximate surface area is 559 Å². The van der Waals surface area contributed by atoms with Gasteiger partial charge in [0.2, 0.25) is 0 Å². The van der Waals surface area contributed by atoms with Gasteiger partial charge in [-0.3, -0.25) is 18.6 Å². The lowest BCUT2D eigenvalue weighted by molar-refractivity contribution is -0.161. The van der Waals surface area contributed by atoms with Crippen molar-refractivity contribution in [2.75, 3.05) is 26.4 Å². The molecule has 10 heteroatoms. The molecule has 0 aromatic carbocycles. The second-order valence-electron chi connectivity index (χ2n) is 24.0. The minimum absolute atomic E-state index is 0.0447. The molecule has 0 rings (SSSR count). The van der Waals surface area contributed by atoms with Gasteiger partial charge in [-0.05, 0) is 122 Å². The fourth-order valence-electron chi connectivity index (χ4n) is 10.0. The van der Waals surface area contributed by atoms with E-state index >= 15 is 0 Å². The van der Waals surface area contributed by atoms with Gasteiger partial charge in [0, 0.05) is 19.4 Å². The van der Waals surface area contributed by atoms with E-state index in [1.165, 1.54) is 135 Å². The van der Waals surface area contributed by atoms with Gasteiger partial charge in [-0.1, -0.05) is 332 Å². The van der Waals surface area contributed by atoms with E-state index in [1.54, 1.807) is 0 Å². The number of unbranched alkanes of at least 4 members (excludes halogenated alkanes) is 29. The molecule has 0 heterocycles. The Morgan fingerprint density at radius 3 is 0.846 bits per heavy atom. The molecular formula is C81H136NO8P. The highest BCUT2D eigenvalue weighted by molar-refractivity contribution is 7.47. The molecule has 2 atom stereocenters. The lowest BCUT2D eigenvalue weighted by Gasteiger charge is -2.19. The normalized spacial score (nSPS) is 13.8. The highest BCUT2D eigenvalue weighted by Gasteiger charge is 2.26. The Balaban J connectivity index is 3.89. The van der Waals surface area contributed by atoms with Crippen molar-refractivity contribution in [2.45, 2.75) is 315 Å². The molecule has 91 heavy (non-hydrogen) atoms. The van der Waals surface area contributed by atoms with Crippen molar-refractivity contribution in [1.82, 2.24) is 0 Å². The van der Waals surface area contributed by atoms with Gasteiger partial charge in [-0.25, -0.2) is 4.57 Å². The number of hydrogen-bond donors (Lipinski definition) is 2. The zero-order chi connectivity index (χ0) is 65.8. The van der Waals surface area contributed by atoms with Crippen LogP contribution >= 0.6 is 7.82 Å². The van der Waals surface area contributed by atoms with E-state index in [0.29, 0.717) is 6.42 Å². The zero-order valence-corrected chi connectivity index (χ0v) is 59.2. The summed E-state index contributed by atoms with van der Waals surface area (Å²) in [6.07, 6.45) is 109. The molecule has 0 amide bonds. The van der Waals surface area contributed by atoms with Crippen LogP contribution in [0.25, 0.3) is 0 Å². The SMILES string of the molecule is CC/C=C\C/C=C\C/C=C\C/C=C\C/C=C\C/C=C\C/C=C\C/C=C\CCCCCCCCC(=O)OC(COC(=O)CCCCCCCCCCCCCCCCCCCCCCCCC/C=C\C/C=C\C/C=C\C/C=C\C/C=C\CC)COP(=O)(O)OCCN. The number of hydrogen-bond acceptors (Lipinski definition) is 8. The topological polar surface area (TPSA) is 134 Å². The third-order valence-electron chi connectivity index (χ3n) is 15.4. The minimum atomic E-state index is -4.41. The third-order valence-corrected chi connectivity index (χ3v) is 16.4. The molecule has 0 aliphatic heterocycles. The highest BCUT2D eigenvalue weighted by Crippen LogP contribution is 2.43. The summed E-state index contributed by atoms with van der Waals surface area (Å²) in [5.74, 6) is -0.843. The summed E-state index contributed by atoms with van der Waals surface area (Å²) in [6, 6.07) is 0. The lowest BCUT2D eigenvalue weighted by Crippen LogP contribution is -2.29. The van der Waals surface area contributed by atoms with E-state index in [9.17, 15) is 19.0 Å². The molecule has 0 aliphatic carbocycles. The first kappa shape index (κ1) is 86.6. The number of allylic oxidation sites excluding steroid dienone is 26. The maximum absolute atomic E-state index is 12.8. The van der Waals surface area contributed by atoms with Gasteiger partial charge >= 0.3 is 19.8 Å². The number of nitrogens with two attached hydrogens (primary N) is 1. The Morgan fingerprint density at radius 1 is 0.330 bits per heavy atom. The average molecular weight is 1280 g/mol. The Morgan fingerprint density at radius 2 is 0.571 bits per heavy atom. The number of ether oxygens (including phenoxy) is 2. The van der Waals surface area contributed by atoms with Crippen molar-refractivity contribution in [3.05, 3.63) is 158 Å². The molecule has 0 aliphatic rings. The average Bonchev–Trinajstić information content (AvgIpc) is 3.71. The molecule has 0 fully saturated rings. The number of carbonyl (C=O) groups excluding carboxylic acids is 2. The standard InChI is InChI=1S/C81H136NO8P/c1-3-5-7-9-11-13-15-17-19-21-23-25-27-29-31-33-35-36-37-38-39-40-41-42-44-45-47-49-51-53-55-57-59-61-63-65-67-69-71-73-80(83)87-77-79(78-89-91(85,86)88-76-75-82)90-81(84)74-72-70-68-66-64-62-60-58-56-54-52-50-48-46-43-34-32-30-28-26-24-22-20-18-16-14-12-10-8-6-4-2/h5-8,11-14,17-20,23-26,29-32,43,46,50,52,56,58,79H,3-4,9-10,15-16,21-22,27-28,33-42,44-45,47-49,51,53-55,57,59-78,82H2,1-2H3,(H,85,86)/b7-5-,8-6-,13-11-,14-12-,19-17-,20-18-,25-23-,26-24-,31-29-,32-30-,46-43-,52-50-,58-56-. The minimum Gasteiger partial charge on any atom is -0.462 e. The maximum atomic E-state index is 12.8. The van der Waals surface area contributed by atoms with E-state index in [4.69, 9.17) is 24.3 Å². The summed E-state index contributed by atoms with van der Waals surface area (Å²) >= 11 is 0. The second-order valence-corrected chi connectivity index (χ2v) is 25.5. The van der Waals surface area contributed by atoms with E-state index in [2.05, 4.69) is 172 Å². The maximum Gasteiger partial charge on any atom is 0.472 e. The van der Waals surface area contributed by atoms with Crippen LogP contribution in [0, 0.1) is 0 Å². The van der Waals surface area contributed by atoms with E-state index in [1.807, 2.05) is 0 Å². The first-order chi connectivity index (χ1) is 44.8. The van der Waals surface area contributed by atoms with Crippen LogP contribution in [0.5, 0.6) is 0 Å². The predicted molar refractivity (Wildman–Crippen MR) is 394 cm³/mol. The third kappa shape index (κ3) is 74.5. The van der Waals surface area contributed by atoms with Gasteiger partial charge in [0.15, 0.2) is 6.10 Å². The molecule has 0 radical (unpaired) electrons. The van der Waals surface area contributed by atoms with E-state index in [0.717, 1.165) is 141 Å². The lowest BCUT2D eigenvalue weighted by atomic mass is 10.0. The van der Waals surface area contributed by atoms with Crippen molar-refractivity contribution >= 4 is 19.8 Å². The van der Waals surface area contributed by atoms with Crippen LogP contribution in [0.1, 0.15) is 309 Å². The van der Waals surface area contributed by atoms with Crippen molar-refractivity contribution in [3.8, 4) is 0 Å². The van der Waals surface area contributed by atoms with Crippen LogP contribution < -0.4 is 5.73 Å². The highest BCUT2D eigenvalue weighted by atomic mass is 31.2. The first-order valence-electron chi connectivity index (χ1n) is 37.0. The summed E-state index contributed by atoms with van der Waals surface area (Å²) < 4.78 is 33.2. The van der Waals surface area contributed by atoms with Crippen LogP contribution in [-0.2, 0) is 32.7 Å². The Kier molecular flexibility index (Phi) is 71.1. The Hall–Kier alpha value is -4.37. The van der Waals surface area contributed by atoms with Crippen LogP contribution in [0.3, 0.4) is 0 Å². The zero-order valence-electron chi connectivity index (χ0n) is 58.3. The van der Waals surface area contributed by atoms with E-state index < -0.39 is 26.5 Å². The molecule has 0 saturated heterocycles. The molecule has 0 spiro atoms. The number of carbonyl (C=O) groups is 2. The second kappa shape index (κ2) is 74.7. The fraction of sp³-hybridized carbons (Fsp3) is 0.654. The number of phosphoric acid groups is 1. The van der Waals surface area contributed by atoms with Gasteiger partial charge in [0.1, 0.15) is 6.61 Å². The number of phosphoric ester groups is 1. The molecule has 2 unspecified atom stereocenters. The smallest absolute Gasteiger partial charge is 0.462 e. The monoisotopic (exact) mass is 1280 g/mol. The quantitative estimate of drug-likeness (QED) is 0.0264. The summed E-state index contributed by atoms with van der Waals surface area (Å²) in [6.45, 7) is 3.51. The van der Waals surface area contributed by atoms with Gasteiger partial charge in [0.05, 0.1) is 13.2 Å². The van der Waals surface area contributed by atoms with Gasteiger partial charge in [0.25, 0.3) is 0 Å². The summed E-state index contributed by atoms with van der Waals surface area (Å²) in [5.41, 5.74) is 5.40. The number of rotatable bonds is 68. The largest absolute Gasteiger partial charge is 0.472 e. The van der Waals surface area contributed by atoms with Crippen molar-refractivity contribution in [1.29, 1.82) is 0 Å². The molecule has 0 saturated carbocycles. The van der Waals surface area contributed by atoms with Gasteiger partial charge in [-0.15, -0.1) is 0 Å². The summed E-state index contributed by atoms with van der Waals surface area (Å²) in [5, 5.41) is 0. The molecule has 518 valence electrons. The Bertz CT molecular complexity index is 2050. The number of esters is 2. The fourth-order valence-corrected chi connectivity index (χ4v) is 10.8. The van der Waals surface area contributed by atoms with Crippen molar-refractivity contribution < 1.29 is 37.6 Å². The summed E-state index contributed by atoms with van der Waals surface area (Å²) in [4.78, 5) is 35.4. The summed E-state index contributed by atoms with van der Waals surface area (Å²) in [7, 11) is -4.41. The van der Waals surface area contributed by atoms with Crippen LogP contribution in [-0.4, -0.2) is 49.3 Å². The molecule has 3 N–H and O–H groups in total. The first-order valence-corrected chi connectivity index (χ1v) is 38.5. The molecule has 9 nitrogen and oxygen atoms in total. The molecule has 0 bridgehead atoms.